The number of hydrogen-bond donors (Lipinski definition) is 0. The maximum absolute atomic E-state index is 6.24. The molecule has 0 amide bonds. The van der Waals surface area contributed by atoms with Gasteiger partial charge < -0.3 is 14.4 Å². The van der Waals surface area contributed by atoms with E-state index in [0.717, 1.165) is 56.3 Å². The SMILES string of the molecule is COc1ccccc1N1CCN(Cc2cc3c(c4ncccc24)OCN(C(C)(C)C)C3)CC1. The van der Waals surface area contributed by atoms with Crippen molar-refractivity contribution in [2.24, 2.45) is 0 Å². The number of rotatable bonds is 4. The first-order chi connectivity index (χ1) is 15.9. The highest BCUT2D eigenvalue weighted by Crippen LogP contribution is 2.37. The summed E-state index contributed by atoms with van der Waals surface area (Å²) >= 11 is 0. The molecule has 5 rings (SSSR count). The number of anilines is 1. The van der Waals surface area contributed by atoms with E-state index in [1.165, 1.54) is 22.2 Å². The van der Waals surface area contributed by atoms with Crippen LogP contribution in [0.4, 0.5) is 5.69 Å². The summed E-state index contributed by atoms with van der Waals surface area (Å²) in [6.45, 7) is 13.1. The number of benzene rings is 2. The van der Waals surface area contributed by atoms with Crippen LogP contribution in [0.2, 0.25) is 0 Å². The van der Waals surface area contributed by atoms with Gasteiger partial charge in [-0.1, -0.05) is 18.2 Å². The maximum atomic E-state index is 6.24. The van der Waals surface area contributed by atoms with Crippen LogP contribution in [0.25, 0.3) is 10.9 Å². The highest BCUT2D eigenvalue weighted by molar-refractivity contribution is 5.89. The van der Waals surface area contributed by atoms with E-state index in [9.17, 15) is 0 Å². The van der Waals surface area contributed by atoms with Crippen LogP contribution in [-0.2, 0) is 13.1 Å². The summed E-state index contributed by atoms with van der Waals surface area (Å²) in [5.41, 5.74) is 4.81. The maximum Gasteiger partial charge on any atom is 0.152 e. The number of hydrogen-bond acceptors (Lipinski definition) is 6. The molecule has 0 spiro atoms. The second-order valence-corrected chi connectivity index (χ2v) is 10.0. The number of methoxy groups -OCH3 is 1. The van der Waals surface area contributed by atoms with Crippen LogP contribution in [0, 0.1) is 0 Å². The Morgan fingerprint density at radius 2 is 1.82 bits per heavy atom. The number of aromatic nitrogens is 1. The van der Waals surface area contributed by atoms with Crippen LogP contribution in [0.5, 0.6) is 11.5 Å². The third-order valence-electron chi connectivity index (χ3n) is 6.88. The molecule has 0 atom stereocenters. The largest absolute Gasteiger partial charge is 0.495 e. The summed E-state index contributed by atoms with van der Waals surface area (Å²) in [5, 5.41) is 1.20. The topological polar surface area (TPSA) is 41.1 Å². The zero-order valence-electron chi connectivity index (χ0n) is 20.2. The van der Waals surface area contributed by atoms with Crippen molar-refractivity contribution in [2.75, 3.05) is 44.9 Å². The second-order valence-electron chi connectivity index (χ2n) is 10.0. The van der Waals surface area contributed by atoms with Gasteiger partial charge in [-0.15, -0.1) is 0 Å². The average Bonchev–Trinajstić information content (AvgIpc) is 2.84. The first-order valence-electron chi connectivity index (χ1n) is 11.8. The Bertz CT molecular complexity index is 1130. The molecule has 174 valence electrons. The molecule has 1 aromatic heterocycles. The molecule has 0 unspecified atom stereocenters. The van der Waals surface area contributed by atoms with E-state index in [1.54, 1.807) is 7.11 Å². The molecule has 0 aliphatic carbocycles. The predicted octanol–water partition coefficient (Wildman–Crippen LogP) is 4.52. The molecule has 33 heavy (non-hydrogen) atoms. The summed E-state index contributed by atoms with van der Waals surface area (Å²) in [6, 6.07) is 14.9. The van der Waals surface area contributed by atoms with Gasteiger partial charge in [0.25, 0.3) is 0 Å². The molecule has 1 saturated heterocycles. The zero-order chi connectivity index (χ0) is 23.0. The molecule has 3 aromatic rings. The van der Waals surface area contributed by atoms with Gasteiger partial charge in [-0.05, 0) is 50.6 Å². The third kappa shape index (κ3) is 4.37. The summed E-state index contributed by atoms with van der Waals surface area (Å²) < 4.78 is 11.8. The first-order valence-corrected chi connectivity index (χ1v) is 11.8. The van der Waals surface area contributed by atoms with Gasteiger partial charge in [0.1, 0.15) is 18.0 Å². The number of para-hydroxylation sites is 2. The molecular weight excluding hydrogens is 412 g/mol. The lowest BCUT2D eigenvalue weighted by atomic mass is 9.99. The first kappa shape index (κ1) is 22.0. The normalized spacial score (nSPS) is 17.6. The van der Waals surface area contributed by atoms with Crippen molar-refractivity contribution in [3.05, 3.63) is 59.8 Å². The summed E-state index contributed by atoms with van der Waals surface area (Å²) in [7, 11) is 1.74. The molecule has 3 heterocycles. The van der Waals surface area contributed by atoms with E-state index < -0.39 is 0 Å². The molecule has 0 saturated carbocycles. The fourth-order valence-corrected chi connectivity index (χ4v) is 4.86. The van der Waals surface area contributed by atoms with Gasteiger partial charge in [-0.3, -0.25) is 14.8 Å². The van der Waals surface area contributed by atoms with Crippen molar-refractivity contribution >= 4 is 16.6 Å². The van der Waals surface area contributed by atoms with Gasteiger partial charge in [0, 0.05) is 62.0 Å². The minimum absolute atomic E-state index is 0.0613. The smallest absolute Gasteiger partial charge is 0.152 e. The molecule has 0 radical (unpaired) electrons. The molecular formula is C27H34N4O2. The third-order valence-corrected chi connectivity index (χ3v) is 6.88. The van der Waals surface area contributed by atoms with Crippen LogP contribution in [-0.4, -0.2) is 60.3 Å². The molecule has 6 nitrogen and oxygen atoms in total. The fourth-order valence-electron chi connectivity index (χ4n) is 4.86. The summed E-state index contributed by atoms with van der Waals surface area (Å²) in [6.07, 6.45) is 1.87. The fraction of sp³-hybridized carbons (Fsp3) is 0.444. The van der Waals surface area contributed by atoms with E-state index >= 15 is 0 Å². The molecule has 1 fully saturated rings. The Balaban J connectivity index is 1.37. The van der Waals surface area contributed by atoms with Gasteiger partial charge >= 0.3 is 0 Å². The molecule has 6 heteroatoms. The lowest BCUT2D eigenvalue weighted by Gasteiger charge is -2.39. The van der Waals surface area contributed by atoms with E-state index in [2.05, 4.69) is 59.7 Å². The number of piperazine rings is 1. The lowest BCUT2D eigenvalue weighted by molar-refractivity contribution is 0.0227. The Kier molecular flexibility index (Phi) is 5.89. The van der Waals surface area contributed by atoms with Crippen molar-refractivity contribution < 1.29 is 9.47 Å². The Labute approximate surface area is 196 Å². The Morgan fingerprint density at radius 3 is 2.58 bits per heavy atom. The highest BCUT2D eigenvalue weighted by Gasteiger charge is 2.29. The summed E-state index contributed by atoms with van der Waals surface area (Å²) in [5.74, 6) is 1.90. The Hall–Kier alpha value is -2.83. The highest BCUT2D eigenvalue weighted by atomic mass is 16.5. The number of pyridine rings is 1. The van der Waals surface area contributed by atoms with Crippen molar-refractivity contribution in [3.63, 3.8) is 0 Å². The number of fused-ring (bicyclic) bond motifs is 3. The van der Waals surface area contributed by atoms with E-state index in [1.807, 2.05) is 24.4 Å². The quantitative estimate of drug-likeness (QED) is 0.587. The van der Waals surface area contributed by atoms with E-state index in [-0.39, 0.29) is 5.54 Å². The second kappa shape index (κ2) is 8.84. The molecule has 0 N–H and O–H groups in total. The summed E-state index contributed by atoms with van der Waals surface area (Å²) in [4.78, 5) is 12.1. The number of nitrogens with zero attached hydrogens (tertiary/aromatic N) is 4. The van der Waals surface area contributed by atoms with Gasteiger partial charge in [0.05, 0.1) is 12.8 Å². The zero-order valence-corrected chi connectivity index (χ0v) is 20.2. The predicted molar refractivity (Wildman–Crippen MR) is 133 cm³/mol. The van der Waals surface area contributed by atoms with Gasteiger partial charge in [0.15, 0.2) is 5.75 Å². The molecule has 2 aliphatic rings. The molecule has 0 bridgehead atoms. The Morgan fingerprint density at radius 1 is 1.03 bits per heavy atom. The lowest BCUT2D eigenvalue weighted by Crippen LogP contribution is -2.46. The molecule has 2 aliphatic heterocycles. The minimum atomic E-state index is 0.0613. The standard InChI is InChI=1S/C27H34N4O2/c1-27(2,3)31-18-21-16-20(22-8-7-11-28-25(22)26(21)33-19-31)17-29-12-14-30(15-13-29)23-9-5-6-10-24(23)32-4/h5-11,16H,12-15,17-19H2,1-4H3. The van der Waals surface area contributed by atoms with Crippen LogP contribution in [0.1, 0.15) is 31.9 Å². The van der Waals surface area contributed by atoms with Crippen LogP contribution >= 0.6 is 0 Å². The monoisotopic (exact) mass is 446 g/mol. The van der Waals surface area contributed by atoms with Gasteiger partial charge in [0.2, 0.25) is 0 Å². The van der Waals surface area contributed by atoms with Crippen LogP contribution in [0.15, 0.2) is 48.7 Å². The van der Waals surface area contributed by atoms with Crippen molar-refractivity contribution in [2.45, 2.75) is 39.4 Å². The van der Waals surface area contributed by atoms with Gasteiger partial charge in [-0.25, -0.2) is 0 Å². The number of ether oxygens (including phenoxy) is 2. The minimum Gasteiger partial charge on any atom is -0.495 e. The van der Waals surface area contributed by atoms with Crippen molar-refractivity contribution in [1.29, 1.82) is 0 Å². The van der Waals surface area contributed by atoms with Crippen molar-refractivity contribution in [1.82, 2.24) is 14.8 Å². The van der Waals surface area contributed by atoms with Gasteiger partial charge in [-0.2, -0.15) is 0 Å². The van der Waals surface area contributed by atoms with Crippen LogP contribution in [0.3, 0.4) is 0 Å². The molecule has 2 aromatic carbocycles. The van der Waals surface area contributed by atoms with Crippen molar-refractivity contribution in [3.8, 4) is 11.5 Å². The van der Waals surface area contributed by atoms with E-state index in [0.29, 0.717) is 6.73 Å². The van der Waals surface area contributed by atoms with E-state index in [4.69, 9.17) is 14.5 Å². The average molecular weight is 447 g/mol. The van der Waals surface area contributed by atoms with Crippen LogP contribution < -0.4 is 14.4 Å².